The molecule has 1 N–H and O–H groups in total. The Morgan fingerprint density at radius 3 is 2.62 bits per heavy atom. The number of sulfonamides is 1. The van der Waals surface area contributed by atoms with E-state index in [2.05, 4.69) is 10.3 Å². The van der Waals surface area contributed by atoms with E-state index in [0.717, 1.165) is 0 Å². The molecule has 1 fully saturated rings. The lowest BCUT2D eigenvalue weighted by Crippen LogP contribution is -2.36. The van der Waals surface area contributed by atoms with Gasteiger partial charge in [0, 0.05) is 43.4 Å². The van der Waals surface area contributed by atoms with Crippen molar-refractivity contribution in [3.05, 3.63) is 51.7 Å². The largest absolute Gasteiger partial charge is 0.497 e. The zero-order chi connectivity index (χ0) is 23.1. The number of carbonyl (C=O) groups is 1. The summed E-state index contributed by atoms with van der Waals surface area (Å²) in [7, 11) is -0.225. The lowest BCUT2D eigenvalue weighted by molar-refractivity contribution is 0.0948. The Bertz CT molecular complexity index is 1230. The molecule has 1 aromatic heterocycles. The number of fused-ring (bicyclic) bond motifs is 2. The molecule has 0 bridgehead atoms. The monoisotopic (exact) mass is 462 g/mol. The molecule has 1 aromatic carbocycles. The molecule has 172 valence electrons. The van der Waals surface area contributed by atoms with Crippen molar-refractivity contribution in [2.24, 2.45) is 0 Å². The molecule has 32 heavy (non-hydrogen) atoms. The third kappa shape index (κ3) is 3.97. The summed E-state index contributed by atoms with van der Waals surface area (Å²) in [6, 6.07) is 5.25. The van der Waals surface area contributed by atoms with Gasteiger partial charge in [-0.3, -0.25) is 9.59 Å². The first kappa shape index (κ1) is 22.3. The average Bonchev–Trinajstić information content (AvgIpc) is 3.36. The van der Waals surface area contributed by atoms with Crippen LogP contribution in [0.15, 0.2) is 29.2 Å². The fourth-order valence-corrected chi connectivity index (χ4v) is 5.39. The molecule has 0 unspecified atom stereocenters. The van der Waals surface area contributed by atoms with Gasteiger partial charge in [-0.15, -0.1) is 0 Å². The van der Waals surface area contributed by atoms with Gasteiger partial charge in [-0.1, -0.05) is 0 Å². The number of carbonyl (C=O) groups excluding carboxylic acids is 1. The first-order chi connectivity index (χ1) is 15.2. The number of nitrogens with one attached hydrogen (secondary N) is 1. The van der Waals surface area contributed by atoms with E-state index < -0.39 is 26.9 Å². The fraction of sp³-hybridized carbons (Fsp3) is 0.476. The van der Waals surface area contributed by atoms with Crippen LogP contribution in [-0.2, 0) is 28.5 Å². The van der Waals surface area contributed by atoms with Gasteiger partial charge in [0.1, 0.15) is 22.9 Å². The molecule has 1 spiro atoms. The van der Waals surface area contributed by atoms with E-state index in [1.165, 1.54) is 23.9 Å². The third-order valence-electron chi connectivity index (χ3n) is 6.26. The summed E-state index contributed by atoms with van der Waals surface area (Å²) in [4.78, 5) is 29.7. The molecule has 0 aliphatic carbocycles. The van der Waals surface area contributed by atoms with Crippen LogP contribution in [0, 0.1) is 0 Å². The zero-order valence-electron chi connectivity index (χ0n) is 18.3. The minimum atomic E-state index is -3.31. The predicted octanol–water partition coefficient (Wildman–Crippen LogP) is 0.497. The highest BCUT2D eigenvalue weighted by atomic mass is 32.2. The average molecular weight is 463 g/mol. The molecule has 10 nitrogen and oxygen atoms in total. The smallest absolute Gasteiger partial charge is 0.285 e. The number of benzene rings is 1. The van der Waals surface area contributed by atoms with Crippen molar-refractivity contribution in [3.63, 3.8) is 0 Å². The van der Waals surface area contributed by atoms with Gasteiger partial charge in [0.15, 0.2) is 0 Å². The number of amides is 1. The highest BCUT2D eigenvalue weighted by Gasteiger charge is 2.48. The Labute approximate surface area is 186 Å². The number of methoxy groups -OCH3 is 2. The maximum Gasteiger partial charge on any atom is 0.285 e. The molecular weight excluding hydrogens is 436 g/mol. The fourth-order valence-electron chi connectivity index (χ4n) is 4.48. The third-order valence-corrected chi connectivity index (χ3v) is 7.51. The number of aromatic nitrogens is 2. The van der Waals surface area contributed by atoms with E-state index in [1.54, 1.807) is 29.9 Å². The Morgan fingerprint density at radius 2 is 1.97 bits per heavy atom. The second kappa shape index (κ2) is 8.21. The normalized spacial score (nSPS) is 20.3. The Balaban J connectivity index is 1.55. The number of aryl methyl sites for hydroxylation is 1. The van der Waals surface area contributed by atoms with E-state index in [4.69, 9.17) is 9.47 Å². The molecule has 0 radical (unpaired) electrons. The van der Waals surface area contributed by atoms with Gasteiger partial charge in [0.2, 0.25) is 10.0 Å². The molecule has 2 aliphatic heterocycles. The molecule has 11 heteroatoms. The number of nitrogens with zero attached hydrogens (tertiary/aromatic N) is 3. The predicted molar refractivity (Wildman–Crippen MR) is 117 cm³/mol. The molecule has 1 atom stereocenters. The first-order valence-corrected chi connectivity index (χ1v) is 12.1. The summed E-state index contributed by atoms with van der Waals surface area (Å²) in [6.45, 7) is 1.43. The minimum absolute atomic E-state index is 0.0503. The van der Waals surface area contributed by atoms with E-state index in [1.807, 2.05) is 0 Å². The van der Waals surface area contributed by atoms with Crippen LogP contribution in [0.25, 0.3) is 0 Å². The van der Waals surface area contributed by atoms with Crippen LogP contribution in [0.5, 0.6) is 11.5 Å². The molecule has 0 saturated carbocycles. The first-order valence-electron chi connectivity index (χ1n) is 10.2. The summed E-state index contributed by atoms with van der Waals surface area (Å²) >= 11 is 0. The second-order valence-corrected chi connectivity index (χ2v) is 10.2. The van der Waals surface area contributed by atoms with Gasteiger partial charge in [0.25, 0.3) is 11.5 Å². The summed E-state index contributed by atoms with van der Waals surface area (Å²) in [5.74, 6) is 1.24. The van der Waals surface area contributed by atoms with Crippen molar-refractivity contribution in [1.29, 1.82) is 0 Å². The highest BCUT2D eigenvalue weighted by molar-refractivity contribution is 7.88. The zero-order valence-corrected chi connectivity index (χ0v) is 19.1. The van der Waals surface area contributed by atoms with Crippen molar-refractivity contribution in [3.8, 4) is 11.5 Å². The van der Waals surface area contributed by atoms with Crippen LogP contribution in [-0.4, -0.2) is 61.7 Å². The van der Waals surface area contributed by atoms with Gasteiger partial charge in [-0.25, -0.2) is 12.7 Å². The minimum Gasteiger partial charge on any atom is -0.497 e. The van der Waals surface area contributed by atoms with Gasteiger partial charge < -0.3 is 19.4 Å². The number of ether oxygens (including phenoxy) is 2. The maximum atomic E-state index is 12.8. The molecule has 1 amide bonds. The standard InChI is InChI=1S/C21H26N4O6S/c1-30-15-4-5-17(31-2)14(10-15)11-22-18(26)16-12-24-8-6-21(20(24)23-19(16)27)7-9-25(13-21)32(3,28)29/h4-5,10,12H,6-9,11,13H2,1-3H3,(H,22,26)/t21-/m1/s1. The SMILES string of the molecule is COc1ccc(OC)c(CNC(=O)c2cn3c(nc2=O)[C@@]2(CCN(S(C)(=O)=O)C2)CC3)c1. The van der Waals surface area contributed by atoms with E-state index in [0.29, 0.717) is 55.4 Å². The molecule has 2 aliphatic rings. The van der Waals surface area contributed by atoms with Crippen LogP contribution in [0.3, 0.4) is 0 Å². The van der Waals surface area contributed by atoms with E-state index in [-0.39, 0.29) is 12.1 Å². The summed E-state index contributed by atoms with van der Waals surface area (Å²) in [5.41, 5.74) is -0.443. The van der Waals surface area contributed by atoms with Crippen LogP contribution < -0.4 is 20.3 Å². The van der Waals surface area contributed by atoms with Gasteiger partial charge in [-0.2, -0.15) is 4.98 Å². The van der Waals surface area contributed by atoms with Gasteiger partial charge in [-0.05, 0) is 31.0 Å². The quantitative estimate of drug-likeness (QED) is 0.664. The van der Waals surface area contributed by atoms with Gasteiger partial charge >= 0.3 is 0 Å². The lowest BCUT2D eigenvalue weighted by atomic mass is 9.85. The highest BCUT2D eigenvalue weighted by Crippen LogP contribution is 2.41. The van der Waals surface area contributed by atoms with Crippen molar-refractivity contribution < 1.29 is 22.7 Å². The topological polar surface area (TPSA) is 120 Å². The van der Waals surface area contributed by atoms with Gasteiger partial charge in [0.05, 0.1) is 20.5 Å². The van der Waals surface area contributed by atoms with Crippen molar-refractivity contribution in [2.75, 3.05) is 33.6 Å². The molecule has 4 rings (SSSR count). The molecule has 2 aromatic rings. The summed E-state index contributed by atoms with van der Waals surface area (Å²) in [6.07, 6.45) is 4.00. The lowest BCUT2D eigenvalue weighted by Gasteiger charge is -2.22. The van der Waals surface area contributed by atoms with Crippen molar-refractivity contribution >= 4 is 15.9 Å². The Morgan fingerprint density at radius 1 is 1.22 bits per heavy atom. The Hall–Kier alpha value is -2.92. The molecule has 3 heterocycles. The summed E-state index contributed by atoms with van der Waals surface area (Å²) in [5, 5.41) is 2.75. The van der Waals surface area contributed by atoms with Crippen LogP contribution in [0.2, 0.25) is 0 Å². The van der Waals surface area contributed by atoms with Crippen LogP contribution in [0.1, 0.15) is 34.6 Å². The van der Waals surface area contributed by atoms with Crippen molar-refractivity contribution in [2.45, 2.75) is 31.3 Å². The van der Waals surface area contributed by atoms with Crippen LogP contribution in [0.4, 0.5) is 0 Å². The maximum absolute atomic E-state index is 12.8. The summed E-state index contributed by atoms with van der Waals surface area (Å²) < 4.78 is 37.6. The number of rotatable bonds is 6. The van der Waals surface area contributed by atoms with Crippen molar-refractivity contribution in [1.82, 2.24) is 19.2 Å². The molecule has 1 saturated heterocycles. The van der Waals surface area contributed by atoms with E-state index >= 15 is 0 Å². The van der Waals surface area contributed by atoms with E-state index in [9.17, 15) is 18.0 Å². The van der Waals surface area contributed by atoms with Crippen LogP contribution >= 0.6 is 0 Å². The second-order valence-electron chi connectivity index (χ2n) is 8.21. The number of hydrogen-bond donors (Lipinski definition) is 1. The Kier molecular flexibility index (Phi) is 5.72. The number of hydrogen-bond acceptors (Lipinski definition) is 7. The molecular formula is C21H26N4O6S.